The first kappa shape index (κ1) is 16.4. The zero-order valence-electron chi connectivity index (χ0n) is 14.3. The molecule has 0 bridgehead atoms. The Bertz CT molecular complexity index is 767. The molecular weight excluding hydrogens is 302 g/mol. The Kier molecular flexibility index (Phi) is 4.22. The van der Waals surface area contributed by atoms with E-state index in [9.17, 15) is 9.90 Å². The predicted molar refractivity (Wildman–Crippen MR) is 94.4 cm³/mol. The Balaban J connectivity index is 2.00. The minimum atomic E-state index is -0.974. The third-order valence-corrected chi connectivity index (χ3v) is 4.95. The monoisotopic (exact) mass is 325 g/mol. The fourth-order valence-electron chi connectivity index (χ4n) is 3.50. The Hall–Kier alpha value is -2.49. The number of hydrogen-bond donors (Lipinski definition) is 2. The van der Waals surface area contributed by atoms with E-state index in [0.717, 1.165) is 35.3 Å². The molecule has 126 valence electrons. The van der Waals surface area contributed by atoms with Crippen molar-refractivity contribution in [1.29, 1.82) is 0 Å². The van der Waals surface area contributed by atoms with Crippen molar-refractivity contribution in [1.82, 2.24) is 5.32 Å². The van der Waals surface area contributed by atoms with Crippen LogP contribution in [-0.2, 0) is 6.42 Å². The number of hydrogen-bond acceptors (Lipinski definition) is 2. The Morgan fingerprint density at radius 3 is 2.67 bits per heavy atom. The van der Waals surface area contributed by atoms with Gasteiger partial charge in [0.25, 0.3) is 0 Å². The van der Waals surface area contributed by atoms with Crippen LogP contribution in [0.2, 0.25) is 0 Å². The molecule has 4 heteroatoms. The average Bonchev–Trinajstić information content (AvgIpc) is 2.57. The van der Waals surface area contributed by atoms with Gasteiger partial charge in [-0.2, -0.15) is 0 Å². The standard InChI is InChI=1S/C20H23NO3/c1-20(2)10-9-15-11-14(13-5-4-6-16(12-13)24-3)7-8-17(15)18(20)21-19(22)23/h4-8,11-12,18,21H,9-10H2,1-3H3,(H,22,23)/t18-/m0/s1. The lowest BCUT2D eigenvalue weighted by Gasteiger charge is -2.40. The Morgan fingerprint density at radius 2 is 1.96 bits per heavy atom. The number of carbonyl (C=O) groups is 1. The van der Waals surface area contributed by atoms with Crippen molar-refractivity contribution in [3.05, 3.63) is 53.6 Å². The van der Waals surface area contributed by atoms with Gasteiger partial charge in [-0.25, -0.2) is 4.79 Å². The molecule has 1 aliphatic carbocycles. The van der Waals surface area contributed by atoms with E-state index in [-0.39, 0.29) is 11.5 Å². The minimum Gasteiger partial charge on any atom is -0.497 e. The highest BCUT2D eigenvalue weighted by atomic mass is 16.5. The van der Waals surface area contributed by atoms with Crippen LogP contribution in [-0.4, -0.2) is 18.3 Å². The quantitative estimate of drug-likeness (QED) is 0.864. The molecule has 24 heavy (non-hydrogen) atoms. The summed E-state index contributed by atoms with van der Waals surface area (Å²) in [4.78, 5) is 11.2. The van der Waals surface area contributed by atoms with Crippen LogP contribution in [0, 0.1) is 5.41 Å². The number of amides is 1. The molecular formula is C20H23NO3. The number of benzene rings is 2. The first-order valence-corrected chi connectivity index (χ1v) is 8.17. The molecule has 3 rings (SSSR count). The van der Waals surface area contributed by atoms with Gasteiger partial charge in [0, 0.05) is 0 Å². The van der Waals surface area contributed by atoms with Crippen LogP contribution >= 0.6 is 0 Å². The Morgan fingerprint density at radius 1 is 1.21 bits per heavy atom. The molecule has 0 aliphatic heterocycles. The predicted octanol–water partition coefficient (Wildman–Crippen LogP) is 4.64. The third-order valence-electron chi connectivity index (χ3n) is 4.95. The smallest absolute Gasteiger partial charge is 0.405 e. The summed E-state index contributed by atoms with van der Waals surface area (Å²) in [7, 11) is 1.66. The SMILES string of the molecule is COc1cccc(-c2ccc3c(c2)CCC(C)(C)[C@H]3NC(=O)O)c1. The lowest BCUT2D eigenvalue weighted by molar-refractivity contribution is 0.161. The van der Waals surface area contributed by atoms with Gasteiger partial charge < -0.3 is 15.2 Å². The molecule has 0 fully saturated rings. The van der Waals surface area contributed by atoms with Crippen LogP contribution in [0.5, 0.6) is 5.75 Å². The second kappa shape index (κ2) is 6.19. The molecule has 1 aliphatic rings. The molecule has 4 nitrogen and oxygen atoms in total. The van der Waals surface area contributed by atoms with Crippen molar-refractivity contribution in [2.75, 3.05) is 7.11 Å². The lowest BCUT2D eigenvalue weighted by atomic mass is 9.70. The minimum absolute atomic E-state index is 0.0944. The molecule has 2 aromatic rings. The van der Waals surface area contributed by atoms with Gasteiger partial charge >= 0.3 is 6.09 Å². The highest BCUT2D eigenvalue weighted by molar-refractivity contribution is 5.68. The van der Waals surface area contributed by atoms with Gasteiger partial charge in [-0.1, -0.05) is 44.2 Å². The normalized spacial score (nSPS) is 18.5. The molecule has 2 N–H and O–H groups in total. The number of carboxylic acid groups (broad SMARTS) is 1. The van der Waals surface area contributed by atoms with Crippen LogP contribution in [0.3, 0.4) is 0 Å². The van der Waals surface area contributed by atoms with Gasteiger partial charge in [0.15, 0.2) is 0 Å². The zero-order valence-corrected chi connectivity index (χ0v) is 14.3. The molecule has 0 saturated heterocycles. The maximum Gasteiger partial charge on any atom is 0.405 e. The summed E-state index contributed by atoms with van der Waals surface area (Å²) in [6, 6.07) is 14.1. The van der Waals surface area contributed by atoms with Crippen LogP contribution in [0.1, 0.15) is 37.4 Å². The maximum absolute atomic E-state index is 11.2. The molecule has 0 spiro atoms. The van der Waals surface area contributed by atoms with Gasteiger partial charge in [0.05, 0.1) is 13.2 Å². The summed E-state index contributed by atoms with van der Waals surface area (Å²) in [5, 5.41) is 11.9. The number of rotatable bonds is 3. The van der Waals surface area contributed by atoms with Crippen molar-refractivity contribution in [2.24, 2.45) is 5.41 Å². The molecule has 0 heterocycles. The molecule has 1 amide bonds. The summed E-state index contributed by atoms with van der Waals surface area (Å²) < 4.78 is 5.30. The second-order valence-corrected chi connectivity index (χ2v) is 7.02. The molecule has 2 aromatic carbocycles. The second-order valence-electron chi connectivity index (χ2n) is 7.02. The van der Waals surface area contributed by atoms with E-state index in [2.05, 4.69) is 43.4 Å². The number of ether oxygens (including phenoxy) is 1. The molecule has 0 unspecified atom stereocenters. The van der Waals surface area contributed by atoms with Crippen LogP contribution in [0.25, 0.3) is 11.1 Å². The van der Waals surface area contributed by atoms with E-state index in [4.69, 9.17) is 4.74 Å². The van der Waals surface area contributed by atoms with E-state index in [1.807, 2.05) is 18.2 Å². The summed E-state index contributed by atoms with van der Waals surface area (Å²) in [5.74, 6) is 0.830. The van der Waals surface area contributed by atoms with Gasteiger partial charge in [-0.15, -0.1) is 0 Å². The van der Waals surface area contributed by atoms with Gasteiger partial charge in [0.2, 0.25) is 0 Å². The summed E-state index contributed by atoms with van der Waals surface area (Å²) in [6.45, 7) is 4.24. The van der Waals surface area contributed by atoms with Crippen molar-refractivity contribution >= 4 is 6.09 Å². The number of nitrogens with one attached hydrogen (secondary N) is 1. The van der Waals surface area contributed by atoms with Crippen molar-refractivity contribution in [3.63, 3.8) is 0 Å². The zero-order chi connectivity index (χ0) is 17.3. The Labute approximate surface area is 142 Å². The van der Waals surface area contributed by atoms with Gasteiger partial charge in [-0.05, 0) is 52.6 Å². The lowest BCUT2D eigenvalue weighted by Crippen LogP contribution is -2.40. The maximum atomic E-state index is 11.2. The third kappa shape index (κ3) is 3.09. The van der Waals surface area contributed by atoms with E-state index >= 15 is 0 Å². The topological polar surface area (TPSA) is 58.6 Å². The highest BCUT2D eigenvalue weighted by Gasteiger charge is 2.36. The fraction of sp³-hybridized carbons (Fsp3) is 0.350. The van der Waals surface area contributed by atoms with Crippen LogP contribution in [0.4, 0.5) is 4.79 Å². The van der Waals surface area contributed by atoms with Crippen molar-refractivity contribution in [2.45, 2.75) is 32.7 Å². The molecule has 1 atom stereocenters. The van der Waals surface area contributed by atoms with Crippen molar-refractivity contribution < 1.29 is 14.6 Å². The van der Waals surface area contributed by atoms with Crippen molar-refractivity contribution in [3.8, 4) is 16.9 Å². The van der Waals surface area contributed by atoms with Gasteiger partial charge in [-0.3, -0.25) is 0 Å². The van der Waals surface area contributed by atoms with E-state index in [1.165, 1.54) is 5.56 Å². The van der Waals surface area contributed by atoms with Crippen LogP contribution < -0.4 is 10.1 Å². The highest BCUT2D eigenvalue weighted by Crippen LogP contribution is 2.44. The number of methoxy groups -OCH3 is 1. The fourth-order valence-corrected chi connectivity index (χ4v) is 3.50. The molecule has 0 saturated carbocycles. The van der Waals surface area contributed by atoms with E-state index in [0.29, 0.717) is 0 Å². The first-order chi connectivity index (χ1) is 11.4. The van der Waals surface area contributed by atoms with Gasteiger partial charge in [0.1, 0.15) is 5.75 Å². The largest absolute Gasteiger partial charge is 0.497 e. The summed E-state index contributed by atoms with van der Waals surface area (Å²) in [6.07, 6.45) is 0.933. The molecule has 0 aromatic heterocycles. The van der Waals surface area contributed by atoms with Crippen LogP contribution in [0.15, 0.2) is 42.5 Å². The number of fused-ring (bicyclic) bond motifs is 1. The number of aryl methyl sites for hydroxylation is 1. The van der Waals surface area contributed by atoms with E-state index in [1.54, 1.807) is 7.11 Å². The summed E-state index contributed by atoms with van der Waals surface area (Å²) in [5.41, 5.74) is 4.43. The average molecular weight is 325 g/mol. The molecule has 0 radical (unpaired) electrons. The van der Waals surface area contributed by atoms with E-state index < -0.39 is 6.09 Å². The summed E-state index contributed by atoms with van der Waals surface area (Å²) >= 11 is 0. The first-order valence-electron chi connectivity index (χ1n) is 8.17.